The zero-order chi connectivity index (χ0) is 22.1. The third-order valence-electron chi connectivity index (χ3n) is 5.82. The van der Waals surface area contributed by atoms with Gasteiger partial charge in [0.2, 0.25) is 5.43 Å². The summed E-state index contributed by atoms with van der Waals surface area (Å²) in [6.07, 6.45) is 2.42. The third-order valence-corrected chi connectivity index (χ3v) is 6.07. The highest BCUT2D eigenvalue weighted by Crippen LogP contribution is 2.32. The highest BCUT2D eigenvalue weighted by Gasteiger charge is 2.22. The van der Waals surface area contributed by atoms with Gasteiger partial charge in [-0.2, -0.15) is 0 Å². The summed E-state index contributed by atoms with van der Waals surface area (Å²) in [6, 6.07) is 18.9. The first-order valence-corrected chi connectivity index (χ1v) is 10.8. The molecule has 1 aliphatic heterocycles. The van der Waals surface area contributed by atoms with Crippen molar-refractivity contribution < 1.29 is 13.9 Å². The molecule has 0 N–H and O–H groups in total. The van der Waals surface area contributed by atoms with Gasteiger partial charge in [0.1, 0.15) is 30.1 Å². The Morgan fingerprint density at radius 3 is 2.56 bits per heavy atom. The van der Waals surface area contributed by atoms with Gasteiger partial charge in [-0.05, 0) is 53.9 Å². The fraction of sp³-hybridized carbons (Fsp3) is 0.192. The van der Waals surface area contributed by atoms with Crippen molar-refractivity contribution in [2.45, 2.75) is 13.0 Å². The molecule has 5 rings (SSSR count). The van der Waals surface area contributed by atoms with Crippen molar-refractivity contribution in [1.82, 2.24) is 4.90 Å². The van der Waals surface area contributed by atoms with E-state index < -0.39 is 0 Å². The van der Waals surface area contributed by atoms with Gasteiger partial charge in [0, 0.05) is 18.1 Å². The van der Waals surface area contributed by atoms with Crippen LogP contribution in [0.5, 0.6) is 11.5 Å². The van der Waals surface area contributed by atoms with Crippen LogP contribution >= 0.6 is 11.6 Å². The second-order valence-corrected chi connectivity index (χ2v) is 8.26. The lowest BCUT2D eigenvalue weighted by Crippen LogP contribution is -2.33. The molecule has 0 bridgehead atoms. The molecule has 0 fully saturated rings. The van der Waals surface area contributed by atoms with Crippen LogP contribution in [0.3, 0.4) is 0 Å². The lowest BCUT2D eigenvalue weighted by molar-refractivity contribution is 0.0968. The fourth-order valence-corrected chi connectivity index (χ4v) is 4.13. The van der Waals surface area contributed by atoms with Gasteiger partial charge in [-0.15, -0.1) is 0 Å². The maximum Gasteiger partial charge on any atom is 0.200 e. The maximum absolute atomic E-state index is 13.2. The first-order valence-electron chi connectivity index (χ1n) is 10.4. The van der Waals surface area contributed by atoms with Gasteiger partial charge in [-0.25, -0.2) is 0 Å². The molecule has 0 saturated carbocycles. The van der Waals surface area contributed by atoms with E-state index in [1.54, 1.807) is 19.4 Å². The van der Waals surface area contributed by atoms with Crippen molar-refractivity contribution in [3.63, 3.8) is 0 Å². The maximum atomic E-state index is 13.2. The number of ether oxygens (including phenoxy) is 2. The summed E-state index contributed by atoms with van der Waals surface area (Å²) in [5, 5.41) is 1.29. The number of fused-ring (bicyclic) bond motifs is 3. The highest BCUT2D eigenvalue weighted by molar-refractivity contribution is 6.30. The average Bonchev–Trinajstić information content (AvgIpc) is 2.84. The van der Waals surface area contributed by atoms with Crippen LogP contribution in [0.4, 0.5) is 0 Å². The molecule has 1 aromatic heterocycles. The minimum Gasteiger partial charge on any atom is -0.497 e. The monoisotopic (exact) mass is 447 g/mol. The molecular weight excluding hydrogens is 426 g/mol. The van der Waals surface area contributed by atoms with Crippen LogP contribution in [0.15, 0.2) is 76.1 Å². The first kappa shape index (κ1) is 20.6. The van der Waals surface area contributed by atoms with E-state index in [0.717, 1.165) is 40.6 Å². The smallest absolute Gasteiger partial charge is 0.200 e. The Morgan fingerprint density at radius 1 is 1.03 bits per heavy atom. The Balaban J connectivity index is 1.42. The van der Waals surface area contributed by atoms with Crippen molar-refractivity contribution >= 4 is 22.6 Å². The Kier molecular flexibility index (Phi) is 5.60. The molecule has 3 aromatic carbocycles. The van der Waals surface area contributed by atoms with Gasteiger partial charge < -0.3 is 13.9 Å². The van der Waals surface area contributed by atoms with E-state index in [0.29, 0.717) is 29.8 Å². The molecule has 0 saturated heterocycles. The number of rotatable bonds is 5. The number of methoxy groups -OCH3 is 1. The van der Waals surface area contributed by atoms with Crippen molar-refractivity contribution in [2.24, 2.45) is 0 Å². The predicted octanol–water partition coefficient (Wildman–Crippen LogP) is 5.52. The zero-order valence-electron chi connectivity index (χ0n) is 17.6. The lowest BCUT2D eigenvalue weighted by atomic mass is 10.0. The number of hydrogen-bond donors (Lipinski definition) is 0. The van der Waals surface area contributed by atoms with Gasteiger partial charge in [-0.3, -0.25) is 9.69 Å². The number of halogens is 1. The van der Waals surface area contributed by atoms with E-state index in [2.05, 4.69) is 4.90 Å². The minimum atomic E-state index is -0.0579. The molecule has 32 heavy (non-hydrogen) atoms. The molecule has 162 valence electrons. The SMILES string of the molecule is COc1ccc(-c2coc3c4c(ccc3c2=O)OCN(CCc2ccc(Cl)cc2)C4)cc1. The zero-order valence-corrected chi connectivity index (χ0v) is 18.4. The second kappa shape index (κ2) is 8.69. The summed E-state index contributed by atoms with van der Waals surface area (Å²) in [4.78, 5) is 15.4. The molecule has 0 aliphatic carbocycles. The third kappa shape index (κ3) is 3.97. The summed E-state index contributed by atoms with van der Waals surface area (Å²) in [5.41, 5.74) is 3.96. The lowest BCUT2D eigenvalue weighted by Gasteiger charge is -2.29. The van der Waals surface area contributed by atoms with Gasteiger partial charge in [0.05, 0.1) is 23.6 Å². The second-order valence-electron chi connectivity index (χ2n) is 7.83. The largest absolute Gasteiger partial charge is 0.497 e. The topological polar surface area (TPSA) is 51.9 Å². The Hall–Kier alpha value is -3.28. The Bertz CT molecular complexity index is 1310. The summed E-state index contributed by atoms with van der Waals surface area (Å²) in [5.74, 6) is 1.50. The van der Waals surface area contributed by atoms with E-state index in [9.17, 15) is 4.79 Å². The van der Waals surface area contributed by atoms with Gasteiger partial charge in [0.25, 0.3) is 0 Å². The molecular formula is C26H22ClNO4. The molecule has 0 unspecified atom stereocenters. The molecule has 0 spiro atoms. The van der Waals surface area contributed by atoms with Crippen molar-refractivity contribution in [3.8, 4) is 22.6 Å². The Labute approximate surface area is 190 Å². The summed E-state index contributed by atoms with van der Waals surface area (Å²) >= 11 is 5.98. The standard InChI is InChI=1S/C26H22ClNO4/c1-30-20-8-4-18(5-9-20)23-15-31-26-21(25(23)29)10-11-24-22(26)14-28(16-32-24)13-12-17-2-6-19(27)7-3-17/h2-11,15H,12-14,16H2,1H3. The number of hydrogen-bond acceptors (Lipinski definition) is 5. The van der Waals surface area contributed by atoms with Crippen LogP contribution in [0.25, 0.3) is 22.1 Å². The van der Waals surface area contributed by atoms with Crippen molar-refractivity contribution in [3.05, 3.63) is 93.3 Å². The normalized spacial score (nSPS) is 13.6. The molecule has 1 aliphatic rings. The Morgan fingerprint density at radius 2 is 1.81 bits per heavy atom. The van der Waals surface area contributed by atoms with Crippen molar-refractivity contribution in [2.75, 3.05) is 20.4 Å². The molecule has 0 amide bonds. The van der Waals surface area contributed by atoms with E-state index >= 15 is 0 Å². The first-order chi connectivity index (χ1) is 15.6. The molecule has 5 nitrogen and oxygen atoms in total. The van der Waals surface area contributed by atoms with Crippen LogP contribution in [-0.2, 0) is 13.0 Å². The molecule has 2 heterocycles. The molecule has 0 radical (unpaired) electrons. The molecule has 0 atom stereocenters. The predicted molar refractivity (Wildman–Crippen MR) is 126 cm³/mol. The van der Waals surface area contributed by atoms with Crippen LogP contribution in [-0.4, -0.2) is 25.3 Å². The molecule has 4 aromatic rings. The van der Waals surface area contributed by atoms with E-state index in [-0.39, 0.29) is 5.43 Å². The van der Waals surface area contributed by atoms with Gasteiger partial charge >= 0.3 is 0 Å². The summed E-state index contributed by atoms with van der Waals surface area (Å²) < 4.78 is 17.2. The van der Waals surface area contributed by atoms with E-state index in [1.807, 2.05) is 54.6 Å². The van der Waals surface area contributed by atoms with Gasteiger partial charge in [0.15, 0.2) is 0 Å². The van der Waals surface area contributed by atoms with Crippen LogP contribution in [0.1, 0.15) is 11.1 Å². The van der Waals surface area contributed by atoms with Crippen molar-refractivity contribution in [1.29, 1.82) is 0 Å². The van der Waals surface area contributed by atoms with Gasteiger partial charge in [-0.1, -0.05) is 35.9 Å². The van der Waals surface area contributed by atoms with Crippen LogP contribution in [0, 0.1) is 0 Å². The van der Waals surface area contributed by atoms with E-state index in [4.69, 9.17) is 25.5 Å². The highest BCUT2D eigenvalue weighted by atomic mass is 35.5. The number of benzene rings is 3. The number of nitrogens with zero attached hydrogens (tertiary/aromatic N) is 1. The average molecular weight is 448 g/mol. The summed E-state index contributed by atoms with van der Waals surface area (Å²) in [7, 11) is 1.61. The summed E-state index contributed by atoms with van der Waals surface area (Å²) in [6.45, 7) is 1.98. The van der Waals surface area contributed by atoms with Crippen LogP contribution in [0.2, 0.25) is 5.02 Å². The van der Waals surface area contributed by atoms with Crippen LogP contribution < -0.4 is 14.9 Å². The molecule has 6 heteroatoms. The minimum absolute atomic E-state index is 0.0579. The quantitative estimate of drug-likeness (QED) is 0.403. The fourth-order valence-electron chi connectivity index (χ4n) is 4.01. The van der Waals surface area contributed by atoms with E-state index in [1.165, 1.54) is 5.56 Å².